The van der Waals surface area contributed by atoms with Gasteiger partial charge in [-0.15, -0.1) is 0 Å². The lowest BCUT2D eigenvalue weighted by Crippen LogP contribution is -2.56. The summed E-state index contributed by atoms with van der Waals surface area (Å²) in [4.78, 5) is 51.8. The molecule has 2 aromatic carbocycles. The van der Waals surface area contributed by atoms with Crippen LogP contribution in [0.5, 0.6) is 0 Å². The molecule has 10 nitrogen and oxygen atoms in total. The van der Waals surface area contributed by atoms with E-state index in [1.165, 1.54) is 0 Å². The molecule has 3 amide bonds. The number of primary amides is 1. The lowest BCUT2D eigenvalue weighted by atomic mass is 10.0. The van der Waals surface area contributed by atoms with Crippen LogP contribution in [-0.4, -0.2) is 51.9 Å². The SMILES string of the molecule is NC(=O)CC(NC(=O)C(N)Cc1c[nH]c2ccccc12)C(=O)NC(Cc1ccccc1)C(=O)O. The topological polar surface area (TPSA) is 180 Å². The van der Waals surface area contributed by atoms with E-state index >= 15 is 0 Å². The smallest absolute Gasteiger partial charge is 0.326 e. The van der Waals surface area contributed by atoms with Gasteiger partial charge in [0.1, 0.15) is 12.1 Å². The number of hydrogen-bond acceptors (Lipinski definition) is 5. The minimum absolute atomic E-state index is 0.0270. The molecule has 3 unspecified atom stereocenters. The summed E-state index contributed by atoms with van der Waals surface area (Å²) in [6.07, 6.45) is 1.47. The maximum atomic E-state index is 12.8. The molecule has 0 saturated heterocycles. The van der Waals surface area contributed by atoms with Crippen molar-refractivity contribution in [3.8, 4) is 0 Å². The third-order valence-corrected chi connectivity index (χ3v) is 5.39. The number of para-hydroxylation sites is 1. The molecule has 10 heteroatoms. The van der Waals surface area contributed by atoms with Gasteiger partial charge in [0.25, 0.3) is 0 Å². The van der Waals surface area contributed by atoms with E-state index in [1.807, 2.05) is 24.3 Å². The molecule has 1 heterocycles. The summed E-state index contributed by atoms with van der Waals surface area (Å²) in [7, 11) is 0. The van der Waals surface area contributed by atoms with Crippen LogP contribution >= 0.6 is 0 Å². The van der Waals surface area contributed by atoms with E-state index in [-0.39, 0.29) is 12.8 Å². The molecule has 0 aliphatic carbocycles. The Labute approximate surface area is 195 Å². The number of carbonyl (C=O) groups is 4. The van der Waals surface area contributed by atoms with Gasteiger partial charge in [-0.05, 0) is 23.6 Å². The Kier molecular flexibility index (Phi) is 7.99. The van der Waals surface area contributed by atoms with Gasteiger partial charge in [-0.1, -0.05) is 48.5 Å². The van der Waals surface area contributed by atoms with Crippen molar-refractivity contribution in [1.29, 1.82) is 0 Å². The summed E-state index contributed by atoms with van der Waals surface area (Å²) in [5.41, 5.74) is 13.7. The second-order valence-electron chi connectivity index (χ2n) is 7.99. The number of carboxylic acids is 1. The first-order chi connectivity index (χ1) is 16.2. The van der Waals surface area contributed by atoms with Gasteiger partial charge in [-0.2, -0.15) is 0 Å². The molecule has 0 aliphatic rings. The third-order valence-electron chi connectivity index (χ3n) is 5.39. The molecule has 0 bridgehead atoms. The summed E-state index contributed by atoms with van der Waals surface area (Å²) in [5.74, 6) is -3.59. The van der Waals surface area contributed by atoms with Crippen LogP contribution < -0.4 is 22.1 Å². The quantitative estimate of drug-likeness (QED) is 0.235. The molecule has 0 fully saturated rings. The van der Waals surface area contributed by atoms with Crippen LogP contribution in [0.25, 0.3) is 10.9 Å². The predicted molar refractivity (Wildman–Crippen MR) is 125 cm³/mol. The highest BCUT2D eigenvalue weighted by atomic mass is 16.4. The Balaban J connectivity index is 1.67. The van der Waals surface area contributed by atoms with Crippen LogP contribution in [0.15, 0.2) is 60.8 Å². The summed E-state index contributed by atoms with van der Waals surface area (Å²) < 4.78 is 0. The predicted octanol–water partition coefficient (Wildman–Crippen LogP) is 0.210. The fourth-order valence-electron chi connectivity index (χ4n) is 3.64. The molecule has 1 aromatic heterocycles. The van der Waals surface area contributed by atoms with Crippen LogP contribution in [-0.2, 0) is 32.0 Å². The number of fused-ring (bicyclic) bond motifs is 1. The molecule has 178 valence electrons. The van der Waals surface area contributed by atoms with Gasteiger partial charge in [0.2, 0.25) is 17.7 Å². The number of carbonyl (C=O) groups excluding carboxylic acids is 3. The number of amides is 3. The summed E-state index contributed by atoms with van der Waals surface area (Å²) in [5, 5.41) is 15.3. The van der Waals surface area contributed by atoms with Crippen molar-refractivity contribution in [2.45, 2.75) is 37.4 Å². The van der Waals surface area contributed by atoms with Crippen molar-refractivity contribution in [2.24, 2.45) is 11.5 Å². The summed E-state index contributed by atoms with van der Waals surface area (Å²) in [6.45, 7) is 0. The number of aromatic amines is 1. The molecule has 3 aromatic rings. The molecular weight excluding hydrogens is 438 g/mol. The number of carboxylic acid groups (broad SMARTS) is 1. The van der Waals surface area contributed by atoms with Gasteiger partial charge in [-0.25, -0.2) is 4.79 Å². The largest absolute Gasteiger partial charge is 0.480 e. The number of aromatic nitrogens is 1. The molecule has 3 rings (SSSR count). The Hall–Kier alpha value is -4.18. The lowest BCUT2D eigenvalue weighted by Gasteiger charge is -2.22. The summed E-state index contributed by atoms with van der Waals surface area (Å²) >= 11 is 0. The van der Waals surface area contributed by atoms with Crippen molar-refractivity contribution in [1.82, 2.24) is 15.6 Å². The van der Waals surface area contributed by atoms with Gasteiger partial charge in [0.15, 0.2) is 0 Å². The average Bonchev–Trinajstić information content (AvgIpc) is 3.21. The van der Waals surface area contributed by atoms with Crippen molar-refractivity contribution in [3.63, 3.8) is 0 Å². The Morgan fingerprint density at radius 2 is 1.53 bits per heavy atom. The minimum atomic E-state index is -1.36. The second-order valence-corrected chi connectivity index (χ2v) is 7.99. The third kappa shape index (κ3) is 6.42. The van der Waals surface area contributed by atoms with E-state index in [4.69, 9.17) is 11.5 Å². The lowest BCUT2D eigenvalue weighted by molar-refractivity contribution is -0.142. The van der Waals surface area contributed by atoms with E-state index in [0.29, 0.717) is 5.56 Å². The first kappa shape index (κ1) is 24.5. The Morgan fingerprint density at radius 3 is 2.21 bits per heavy atom. The van der Waals surface area contributed by atoms with Crippen molar-refractivity contribution >= 4 is 34.6 Å². The molecule has 34 heavy (non-hydrogen) atoms. The monoisotopic (exact) mass is 465 g/mol. The van der Waals surface area contributed by atoms with Gasteiger partial charge in [0, 0.05) is 23.5 Å². The van der Waals surface area contributed by atoms with Crippen LogP contribution in [0.2, 0.25) is 0 Å². The molecule has 0 aliphatic heterocycles. The van der Waals surface area contributed by atoms with E-state index in [9.17, 15) is 24.3 Å². The fourth-order valence-corrected chi connectivity index (χ4v) is 3.64. The van der Waals surface area contributed by atoms with E-state index in [1.54, 1.807) is 36.5 Å². The average molecular weight is 466 g/mol. The molecule has 8 N–H and O–H groups in total. The molecule has 0 saturated carbocycles. The van der Waals surface area contributed by atoms with E-state index < -0.39 is 48.2 Å². The number of benzene rings is 2. The second kappa shape index (κ2) is 11.1. The van der Waals surface area contributed by atoms with Crippen molar-refractivity contribution < 1.29 is 24.3 Å². The van der Waals surface area contributed by atoms with Crippen molar-refractivity contribution in [2.75, 3.05) is 0 Å². The zero-order valence-corrected chi connectivity index (χ0v) is 18.4. The fraction of sp³-hybridized carbons (Fsp3) is 0.250. The normalized spacial score (nSPS) is 13.6. The molecule has 3 atom stereocenters. The maximum Gasteiger partial charge on any atom is 0.326 e. The zero-order chi connectivity index (χ0) is 24.7. The first-order valence-corrected chi connectivity index (χ1v) is 10.7. The summed E-state index contributed by atoms with van der Waals surface area (Å²) in [6, 6.07) is 12.7. The van der Waals surface area contributed by atoms with Gasteiger partial charge >= 0.3 is 5.97 Å². The van der Waals surface area contributed by atoms with E-state index in [2.05, 4.69) is 15.6 Å². The van der Waals surface area contributed by atoms with Crippen LogP contribution in [0.3, 0.4) is 0 Å². The molecular formula is C24H27N5O5. The number of H-pyrrole nitrogens is 1. The van der Waals surface area contributed by atoms with Gasteiger partial charge in [-0.3, -0.25) is 14.4 Å². The first-order valence-electron chi connectivity index (χ1n) is 10.7. The molecule has 0 spiro atoms. The highest BCUT2D eigenvalue weighted by Gasteiger charge is 2.29. The van der Waals surface area contributed by atoms with E-state index in [0.717, 1.165) is 16.5 Å². The number of rotatable bonds is 11. The number of aliphatic carboxylic acids is 1. The van der Waals surface area contributed by atoms with Crippen LogP contribution in [0, 0.1) is 0 Å². The standard InChI is InChI=1S/C24H27N5O5/c25-17(11-15-13-27-18-9-5-4-8-16(15)18)22(31)28-19(12-21(26)30)23(32)29-20(24(33)34)10-14-6-2-1-3-7-14/h1-9,13,17,19-20,27H,10-12,25H2,(H2,26,30)(H,28,31)(H,29,32)(H,33,34). The zero-order valence-electron chi connectivity index (χ0n) is 18.4. The van der Waals surface area contributed by atoms with Crippen molar-refractivity contribution in [3.05, 3.63) is 71.9 Å². The number of hydrogen-bond donors (Lipinski definition) is 6. The van der Waals surface area contributed by atoms with Crippen LogP contribution in [0.1, 0.15) is 17.5 Å². The number of nitrogens with one attached hydrogen (secondary N) is 3. The van der Waals surface area contributed by atoms with Gasteiger partial charge < -0.3 is 32.2 Å². The van der Waals surface area contributed by atoms with Gasteiger partial charge in [0.05, 0.1) is 12.5 Å². The number of nitrogens with two attached hydrogens (primary N) is 2. The maximum absolute atomic E-state index is 12.8. The highest BCUT2D eigenvalue weighted by Crippen LogP contribution is 2.18. The minimum Gasteiger partial charge on any atom is -0.480 e. The van der Waals surface area contributed by atoms with Crippen LogP contribution in [0.4, 0.5) is 0 Å². The Bertz CT molecular complexity index is 1180. The highest BCUT2D eigenvalue weighted by molar-refractivity contribution is 5.95. The Morgan fingerprint density at radius 1 is 0.882 bits per heavy atom. The molecule has 0 radical (unpaired) electrons.